The number of hydrogen-bond acceptors (Lipinski definition) is 1. The van der Waals surface area contributed by atoms with E-state index in [0.717, 1.165) is 24.7 Å². The zero-order chi connectivity index (χ0) is 11.5. The van der Waals surface area contributed by atoms with Gasteiger partial charge in [-0.05, 0) is 19.9 Å². The fraction of sp³-hybridized carbons (Fsp3) is 0.538. The SMILES string of the molecule is C[C@H]1C[NH+](Cc2ccccc2Cl)C[C@H](C)O1. The summed E-state index contributed by atoms with van der Waals surface area (Å²) in [6, 6.07) is 8.10. The molecule has 0 aliphatic carbocycles. The fourth-order valence-electron chi connectivity index (χ4n) is 2.44. The Morgan fingerprint density at radius 2 is 1.88 bits per heavy atom. The summed E-state index contributed by atoms with van der Waals surface area (Å²) < 4.78 is 5.73. The Hall–Kier alpha value is -0.570. The topological polar surface area (TPSA) is 13.7 Å². The Bertz CT molecular complexity index is 346. The van der Waals surface area contributed by atoms with Crippen molar-refractivity contribution in [3.8, 4) is 0 Å². The third kappa shape index (κ3) is 2.97. The summed E-state index contributed by atoms with van der Waals surface area (Å²) in [6.45, 7) is 7.41. The highest BCUT2D eigenvalue weighted by atomic mass is 35.5. The molecule has 1 aromatic rings. The van der Waals surface area contributed by atoms with E-state index in [1.54, 1.807) is 4.90 Å². The molecular weight excluding hydrogens is 222 g/mol. The number of ether oxygens (including phenoxy) is 1. The molecule has 1 fully saturated rings. The molecule has 1 aliphatic heterocycles. The van der Waals surface area contributed by atoms with Gasteiger partial charge in [0, 0.05) is 10.6 Å². The van der Waals surface area contributed by atoms with E-state index in [1.807, 2.05) is 18.2 Å². The van der Waals surface area contributed by atoms with Crippen LogP contribution < -0.4 is 4.90 Å². The maximum atomic E-state index is 6.17. The smallest absolute Gasteiger partial charge is 0.104 e. The minimum absolute atomic E-state index is 0.348. The Morgan fingerprint density at radius 1 is 1.25 bits per heavy atom. The van der Waals surface area contributed by atoms with Gasteiger partial charge in [0.15, 0.2) is 0 Å². The van der Waals surface area contributed by atoms with Crippen LogP contribution in [0.25, 0.3) is 0 Å². The van der Waals surface area contributed by atoms with Crippen LogP contribution in [0, 0.1) is 0 Å². The van der Waals surface area contributed by atoms with Crippen molar-refractivity contribution in [1.82, 2.24) is 0 Å². The average Bonchev–Trinajstić information content (AvgIpc) is 2.20. The first-order valence-electron chi connectivity index (χ1n) is 5.87. The molecule has 2 rings (SSSR count). The monoisotopic (exact) mass is 240 g/mol. The van der Waals surface area contributed by atoms with Gasteiger partial charge in [-0.1, -0.05) is 29.8 Å². The van der Waals surface area contributed by atoms with Crippen LogP contribution in [0.3, 0.4) is 0 Å². The van der Waals surface area contributed by atoms with Crippen LogP contribution >= 0.6 is 11.6 Å². The molecule has 2 atom stereocenters. The van der Waals surface area contributed by atoms with Gasteiger partial charge in [0.05, 0.1) is 0 Å². The number of quaternary nitrogens is 1. The number of nitrogens with one attached hydrogen (secondary N) is 1. The molecule has 88 valence electrons. The van der Waals surface area contributed by atoms with Gasteiger partial charge >= 0.3 is 0 Å². The van der Waals surface area contributed by atoms with E-state index >= 15 is 0 Å². The summed E-state index contributed by atoms with van der Waals surface area (Å²) in [7, 11) is 0. The van der Waals surface area contributed by atoms with Crippen LogP contribution in [-0.2, 0) is 11.3 Å². The largest absolute Gasteiger partial charge is 0.364 e. The van der Waals surface area contributed by atoms with Crippen LogP contribution in [0.5, 0.6) is 0 Å². The Labute approximate surface area is 102 Å². The zero-order valence-corrected chi connectivity index (χ0v) is 10.6. The maximum absolute atomic E-state index is 6.17. The predicted molar refractivity (Wildman–Crippen MR) is 65.9 cm³/mol. The summed E-state index contributed by atoms with van der Waals surface area (Å²) in [5, 5.41) is 0.877. The first-order chi connectivity index (χ1) is 7.65. The molecule has 3 heteroatoms. The van der Waals surface area contributed by atoms with Crippen molar-refractivity contribution in [3.63, 3.8) is 0 Å². The van der Waals surface area contributed by atoms with Crippen LogP contribution in [0.2, 0.25) is 5.02 Å². The van der Waals surface area contributed by atoms with E-state index in [1.165, 1.54) is 5.56 Å². The third-order valence-electron chi connectivity index (χ3n) is 3.02. The molecule has 1 aliphatic rings. The summed E-state index contributed by atoms with van der Waals surface area (Å²) in [5.74, 6) is 0. The normalized spacial score (nSPS) is 30.3. The molecule has 0 amide bonds. The predicted octanol–water partition coefficient (Wildman–Crippen LogP) is 1.53. The zero-order valence-electron chi connectivity index (χ0n) is 9.87. The highest BCUT2D eigenvalue weighted by molar-refractivity contribution is 6.31. The molecule has 1 saturated heterocycles. The van der Waals surface area contributed by atoms with E-state index in [9.17, 15) is 0 Å². The summed E-state index contributed by atoms with van der Waals surface area (Å²) in [6.07, 6.45) is 0.697. The standard InChI is InChI=1S/C13H18ClNO/c1-10-7-15(8-11(2)16-10)9-12-5-3-4-6-13(12)14/h3-6,10-11H,7-9H2,1-2H3/p+1/t10-,11-/m0/s1. The molecule has 0 aromatic heterocycles. The lowest BCUT2D eigenvalue weighted by Crippen LogP contribution is -3.14. The van der Waals surface area contributed by atoms with Crippen LogP contribution in [0.4, 0.5) is 0 Å². The van der Waals surface area contributed by atoms with Gasteiger partial charge < -0.3 is 9.64 Å². The highest BCUT2D eigenvalue weighted by Gasteiger charge is 2.25. The Kier molecular flexibility index (Phi) is 3.85. The Balaban J connectivity index is 2.02. The first-order valence-corrected chi connectivity index (χ1v) is 6.25. The summed E-state index contributed by atoms with van der Waals surface area (Å²) in [5.41, 5.74) is 1.24. The quantitative estimate of drug-likeness (QED) is 0.828. The second-order valence-electron chi connectivity index (χ2n) is 4.68. The van der Waals surface area contributed by atoms with Crippen molar-refractivity contribution >= 4 is 11.6 Å². The third-order valence-corrected chi connectivity index (χ3v) is 3.38. The van der Waals surface area contributed by atoms with E-state index < -0.39 is 0 Å². The van der Waals surface area contributed by atoms with Crippen molar-refractivity contribution in [1.29, 1.82) is 0 Å². The van der Waals surface area contributed by atoms with Crippen LogP contribution in [0.15, 0.2) is 24.3 Å². The molecule has 1 N–H and O–H groups in total. The first kappa shape index (κ1) is 11.9. The fourth-order valence-corrected chi connectivity index (χ4v) is 2.65. The molecule has 1 heterocycles. The second kappa shape index (κ2) is 5.17. The minimum Gasteiger partial charge on any atom is -0.364 e. The van der Waals surface area contributed by atoms with Crippen molar-refractivity contribution < 1.29 is 9.64 Å². The highest BCUT2D eigenvalue weighted by Crippen LogP contribution is 2.13. The number of halogens is 1. The van der Waals surface area contributed by atoms with E-state index in [0.29, 0.717) is 12.2 Å². The van der Waals surface area contributed by atoms with Crippen LogP contribution in [-0.4, -0.2) is 25.3 Å². The molecule has 2 nitrogen and oxygen atoms in total. The summed E-state index contributed by atoms with van der Waals surface area (Å²) >= 11 is 6.17. The van der Waals surface area contributed by atoms with Crippen molar-refractivity contribution in [3.05, 3.63) is 34.9 Å². The lowest BCUT2D eigenvalue weighted by molar-refractivity contribution is -0.928. The number of rotatable bonds is 2. The maximum Gasteiger partial charge on any atom is 0.104 e. The van der Waals surface area contributed by atoms with Gasteiger partial charge in [-0.15, -0.1) is 0 Å². The molecule has 0 unspecified atom stereocenters. The minimum atomic E-state index is 0.348. The molecule has 0 bridgehead atoms. The Morgan fingerprint density at radius 3 is 2.50 bits per heavy atom. The van der Waals surface area contributed by atoms with Gasteiger partial charge in [-0.2, -0.15) is 0 Å². The van der Waals surface area contributed by atoms with Crippen molar-refractivity contribution in [2.24, 2.45) is 0 Å². The van der Waals surface area contributed by atoms with Gasteiger partial charge in [0.2, 0.25) is 0 Å². The van der Waals surface area contributed by atoms with E-state index in [-0.39, 0.29) is 0 Å². The van der Waals surface area contributed by atoms with Gasteiger partial charge in [0.25, 0.3) is 0 Å². The van der Waals surface area contributed by atoms with E-state index in [2.05, 4.69) is 19.9 Å². The van der Waals surface area contributed by atoms with Crippen molar-refractivity contribution in [2.45, 2.75) is 32.6 Å². The number of benzene rings is 1. The van der Waals surface area contributed by atoms with Crippen LogP contribution in [0.1, 0.15) is 19.4 Å². The number of morpholine rings is 1. The van der Waals surface area contributed by atoms with Gasteiger partial charge in [-0.3, -0.25) is 0 Å². The molecule has 1 aromatic carbocycles. The van der Waals surface area contributed by atoms with Crippen molar-refractivity contribution in [2.75, 3.05) is 13.1 Å². The summed E-state index contributed by atoms with van der Waals surface area (Å²) in [4.78, 5) is 1.55. The molecule has 16 heavy (non-hydrogen) atoms. The molecular formula is C13H19ClNO+. The molecule has 0 saturated carbocycles. The van der Waals surface area contributed by atoms with Gasteiger partial charge in [0.1, 0.15) is 31.8 Å². The molecule has 0 radical (unpaired) electrons. The van der Waals surface area contributed by atoms with E-state index in [4.69, 9.17) is 16.3 Å². The lowest BCUT2D eigenvalue weighted by Gasteiger charge is -2.32. The lowest BCUT2D eigenvalue weighted by atomic mass is 10.1. The molecule has 0 spiro atoms. The second-order valence-corrected chi connectivity index (χ2v) is 5.09. The van der Waals surface area contributed by atoms with Gasteiger partial charge in [-0.25, -0.2) is 0 Å². The average molecular weight is 241 g/mol. The number of hydrogen-bond donors (Lipinski definition) is 1.